The maximum absolute atomic E-state index is 13.0. The Kier molecular flexibility index (Phi) is 5.57. The summed E-state index contributed by atoms with van der Waals surface area (Å²) >= 11 is 0. The number of rotatable bonds is 5. The molecule has 142 valence electrons. The van der Waals surface area contributed by atoms with Crippen molar-refractivity contribution in [2.24, 2.45) is 0 Å². The largest absolute Gasteiger partial charge is 0.478 e. The molecule has 2 heterocycles. The summed E-state index contributed by atoms with van der Waals surface area (Å²) in [6.07, 6.45) is 3.18. The predicted molar refractivity (Wildman–Crippen MR) is 103 cm³/mol. The first-order valence-electron chi connectivity index (χ1n) is 8.56. The number of aromatic nitrogens is 1. The fraction of sp³-hybridized carbons (Fsp3) is 0.263. The first-order valence-corrected chi connectivity index (χ1v) is 10.00. The van der Waals surface area contributed by atoms with Crippen molar-refractivity contribution in [3.8, 4) is 0 Å². The van der Waals surface area contributed by atoms with Crippen molar-refractivity contribution >= 4 is 27.9 Å². The number of carbonyl (C=O) groups is 1. The number of hydrogen-bond acceptors (Lipinski definition) is 5. The molecule has 1 aliphatic heterocycles. The van der Waals surface area contributed by atoms with E-state index in [4.69, 9.17) is 5.11 Å². The van der Waals surface area contributed by atoms with Crippen molar-refractivity contribution in [3.05, 3.63) is 59.8 Å². The van der Waals surface area contributed by atoms with Gasteiger partial charge in [0.25, 0.3) is 0 Å². The third-order valence-electron chi connectivity index (χ3n) is 4.43. The van der Waals surface area contributed by atoms with Gasteiger partial charge in [0.1, 0.15) is 5.82 Å². The third kappa shape index (κ3) is 4.35. The zero-order valence-electron chi connectivity index (χ0n) is 14.9. The number of aliphatic carboxylic acids is 1. The van der Waals surface area contributed by atoms with Crippen LogP contribution < -0.4 is 4.90 Å². The number of carboxylic acid groups (broad SMARTS) is 1. The van der Waals surface area contributed by atoms with Gasteiger partial charge in [-0.1, -0.05) is 18.2 Å². The summed E-state index contributed by atoms with van der Waals surface area (Å²) < 4.78 is 27.4. The first kappa shape index (κ1) is 19.1. The molecular weight excluding hydrogens is 366 g/mol. The Hall–Kier alpha value is -2.71. The standard InChI is InChI=1S/C19H21N3O4S/c1-15(19(23)24)13-16-5-4-6-17(14-16)27(25,26)22-11-9-21(10-12-22)18-7-2-3-8-20-18/h2-8,13-14H,9-12H2,1H3,(H,23,24). The normalized spacial score (nSPS) is 16.3. The van der Waals surface area contributed by atoms with E-state index in [1.807, 2.05) is 18.2 Å². The van der Waals surface area contributed by atoms with Crippen LogP contribution in [0.4, 0.5) is 5.82 Å². The van der Waals surface area contributed by atoms with E-state index in [1.54, 1.807) is 18.3 Å². The maximum Gasteiger partial charge on any atom is 0.331 e. The average Bonchev–Trinajstić information content (AvgIpc) is 2.69. The van der Waals surface area contributed by atoms with E-state index in [9.17, 15) is 13.2 Å². The van der Waals surface area contributed by atoms with Crippen LogP contribution in [0.2, 0.25) is 0 Å². The van der Waals surface area contributed by atoms with Gasteiger partial charge in [-0.15, -0.1) is 0 Å². The predicted octanol–water partition coefficient (Wildman–Crippen LogP) is 2.08. The lowest BCUT2D eigenvalue weighted by atomic mass is 10.1. The molecule has 0 aliphatic carbocycles. The van der Waals surface area contributed by atoms with Crippen LogP contribution in [0, 0.1) is 0 Å². The van der Waals surface area contributed by atoms with Gasteiger partial charge in [-0.3, -0.25) is 0 Å². The molecule has 27 heavy (non-hydrogen) atoms. The molecule has 1 fully saturated rings. The van der Waals surface area contributed by atoms with Crippen molar-refractivity contribution in [1.29, 1.82) is 0 Å². The van der Waals surface area contributed by atoms with Crippen LogP contribution >= 0.6 is 0 Å². The lowest BCUT2D eigenvalue weighted by Crippen LogP contribution is -2.48. The van der Waals surface area contributed by atoms with Gasteiger partial charge >= 0.3 is 5.97 Å². The molecule has 0 amide bonds. The van der Waals surface area contributed by atoms with E-state index >= 15 is 0 Å². The number of carboxylic acids is 1. The second-order valence-electron chi connectivity index (χ2n) is 6.28. The van der Waals surface area contributed by atoms with E-state index in [-0.39, 0.29) is 10.5 Å². The highest BCUT2D eigenvalue weighted by Gasteiger charge is 2.28. The van der Waals surface area contributed by atoms with E-state index in [0.29, 0.717) is 31.7 Å². The highest BCUT2D eigenvalue weighted by Crippen LogP contribution is 2.21. The number of hydrogen-bond donors (Lipinski definition) is 1. The quantitative estimate of drug-likeness (QED) is 0.790. The zero-order chi connectivity index (χ0) is 19.4. The second kappa shape index (κ2) is 7.89. The minimum absolute atomic E-state index is 0.147. The summed E-state index contributed by atoms with van der Waals surface area (Å²) in [5.41, 5.74) is 0.691. The lowest BCUT2D eigenvalue weighted by Gasteiger charge is -2.34. The molecule has 1 aromatic carbocycles. The van der Waals surface area contributed by atoms with Crippen LogP contribution in [0.25, 0.3) is 6.08 Å². The Labute approximate surface area is 158 Å². The highest BCUT2D eigenvalue weighted by atomic mass is 32.2. The minimum Gasteiger partial charge on any atom is -0.478 e. The zero-order valence-corrected chi connectivity index (χ0v) is 15.8. The smallest absolute Gasteiger partial charge is 0.331 e. The number of sulfonamides is 1. The second-order valence-corrected chi connectivity index (χ2v) is 8.22. The van der Waals surface area contributed by atoms with Gasteiger partial charge in [0, 0.05) is 37.9 Å². The number of pyridine rings is 1. The number of anilines is 1. The molecule has 1 aromatic heterocycles. The summed E-state index contributed by atoms with van der Waals surface area (Å²) in [6, 6.07) is 12.0. The molecule has 7 nitrogen and oxygen atoms in total. The molecule has 0 radical (unpaired) electrons. The monoisotopic (exact) mass is 387 g/mol. The Morgan fingerprint density at radius 2 is 1.85 bits per heavy atom. The highest BCUT2D eigenvalue weighted by molar-refractivity contribution is 7.89. The van der Waals surface area contributed by atoms with Gasteiger partial charge < -0.3 is 10.0 Å². The topological polar surface area (TPSA) is 90.8 Å². The van der Waals surface area contributed by atoms with Gasteiger partial charge in [-0.05, 0) is 42.8 Å². The Morgan fingerprint density at radius 3 is 2.48 bits per heavy atom. The van der Waals surface area contributed by atoms with E-state index in [0.717, 1.165) is 5.82 Å². The molecule has 1 saturated heterocycles. The average molecular weight is 387 g/mol. The van der Waals surface area contributed by atoms with Crippen LogP contribution in [-0.2, 0) is 14.8 Å². The lowest BCUT2D eigenvalue weighted by molar-refractivity contribution is -0.132. The van der Waals surface area contributed by atoms with Crippen LogP contribution in [0.1, 0.15) is 12.5 Å². The molecule has 0 bridgehead atoms. The van der Waals surface area contributed by atoms with Crippen LogP contribution in [0.3, 0.4) is 0 Å². The molecule has 2 aromatic rings. The number of piperazine rings is 1. The van der Waals surface area contributed by atoms with Crippen LogP contribution in [0.5, 0.6) is 0 Å². The van der Waals surface area contributed by atoms with Crippen LogP contribution in [0.15, 0.2) is 59.1 Å². The van der Waals surface area contributed by atoms with Gasteiger partial charge in [-0.2, -0.15) is 4.31 Å². The summed E-state index contributed by atoms with van der Waals surface area (Å²) in [6.45, 7) is 3.34. The Morgan fingerprint density at radius 1 is 1.11 bits per heavy atom. The summed E-state index contributed by atoms with van der Waals surface area (Å²) in [5, 5.41) is 8.99. The molecule has 0 atom stereocenters. The van der Waals surface area contributed by atoms with Gasteiger partial charge in [-0.25, -0.2) is 18.2 Å². The van der Waals surface area contributed by atoms with Crippen molar-refractivity contribution in [1.82, 2.24) is 9.29 Å². The Bertz CT molecular complexity index is 950. The van der Waals surface area contributed by atoms with Gasteiger partial charge in [0.15, 0.2) is 0 Å². The fourth-order valence-electron chi connectivity index (χ4n) is 2.92. The first-order chi connectivity index (χ1) is 12.9. The molecule has 8 heteroatoms. The van der Waals surface area contributed by atoms with Gasteiger partial charge in [0.05, 0.1) is 4.90 Å². The van der Waals surface area contributed by atoms with Gasteiger partial charge in [0.2, 0.25) is 10.0 Å². The molecule has 1 aliphatic rings. The van der Waals surface area contributed by atoms with Crippen molar-refractivity contribution < 1.29 is 18.3 Å². The Balaban J connectivity index is 1.76. The molecule has 0 saturated carbocycles. The summed E-state index contributed by atoms with van der Waals surface area (Å²) in [5.74, 6) is -0.195. The fourth-order valence-corrected chi connectivity index (χ4v) is 4.40. The third-order valence-corrected chi connectivity index (χ3v) is 6.32. The maximum atomic E-state index is 13.0. The molecular formula is C19H21N3O4S. The molecule has 3 rings (SSSR count). The van der Waals surface area contributed by atoms with E-state index < -0.39 is 16.0 Å². The molecule has 1 N–H and O–H groups in total. The van der Waals surface area contributed by atoms with E-state index in [2.05, 4.69) is 9.88 Å². The van der Waals surface area contributed by atoms with Crippen molar-refractivity contribution in [2.75, 3.05) is 31.1 Å². The number of nitrogens with zero attached hydrogens (tertiary/aromatic N) is 3. The van der Waals surface area contributed by atoms with Crippen molar-refractivity contribution in [2.45, 2.75) is 11.8 Å². The molecule has 0 spiro atoms. The van der Waals surface area contributed by atoms with Crippen molar-refractivity contribution in [3.63, 3.8) is 0 Å². The SMILES string of the molecule is CC(=Cc1cccc(S(=O)(=O)N2CCN(c3ccccn3)CC2)c1)C(=O)O. The van der Waals surface area contributed by atoms with Crippen LogP contribution in [-0.4, -0.2) is 55.0 Å². The van der Waals surface area contributed by atoms with E-state index in [1.165, 1.54) is 29.4 Å². The minimum atomic E-state index is -3.64. The summed E-state index contributed by atoms with van der Waals surface area (Å²) in [7, 11) is -3.64. The molecule has 0 unspecified atom stereocenters. The number of benzene rings is 1. The summed E-state index contributed by atoms with van der Waals surface area (Å²) in [4.78, 5) is 17.5.